The van der Waals surface area contributed by atoms with Gasteiger partial charge in [0.1, 0.15) is 0 Å². The third kappa shape index (κ3) is 1.98. The molecule has 2 rings (SSSR count). The predicted octanol–water partition coefficient (Wildman–Crippen LogP) is 2.81. The Kier molecular flexibility index (Phi) is 2.60. The van der Waals surface area contributed by atoms with Crippen molar-refractivity contribution in [2.24, 2.45) is 5.73 Å². The summed E-state index contributed by atoms with van der Waals surface area (Å²) < 4.78 is 0. The average molecular weight is 189 g/mol. The molecule has 0 heterocycles. The van der Waals surface area contributed by atoms with Crippen LogP contribution in [-0.4, -0.2) is 5.54 Å². The zero-order valence-electron chi connectivity index (χ0n) is 8.92. The second-order valence-electron chi connectivity index (χ2n) is 4.64. The fourth-order valence-corrected chi connectivity index (χ4v) is 2.16. The summed E-state index contributed by atoms with van der Waals surface area (Å²) in [5.41, 5.74) is 9.23. The highest BCUT2D eigenvalue weighted by Gasteiger charge is 2.31. The van der Waals surface area contributed by atoms with Crippen LogP contribution in [0, 0.1) is 6.92 Å². The highest BCUT2D eigenvalue weighted by atomic mass is 14.8. The lowest BCUT2D eigenvalue weighted by molar-refractivity contribution is 0.232. The van der Waals surface area contributed by atoms with Crippen molar-refractivity contribution < 1.29 is 0 Å². The largest absolute Gasteiger partial charge is 0.325 e. The lowest BCUT2D eigenvalue weighted by Crippen LogP contribution is -2.46. The first kappa shape index (κ1) is 9.72. The molecule has 0 radical (unpaired) electrons. The highest BCUT2D eigenvalue weighted by molar-refractivity contribution is 5.26. The van der Waals surface area contributed by atoms with E-state index in [0.717, 1.165) is 12.8 Å². The van der Waals surface area contributed by atoms with Gasteiger partial charge >= 0.3 is 0 Å². The number of aryl methyl sites for hydroxylation is 2. The van der Waals surface area contributed by atoms with Crippen molar-refractivity contribution in [3.8, 4) is 0 Å². The van der Waals surface area contributed by atoms with Crippen LogP contribution in [0.2, 0.25) is 0 Å². The maximum Gasteiger partial charge on any atom is 0.0157 e. The van der Waals surface area contributed by atoms with Gasteiger partial charge in [0.05, 0.1) is 0 Å². The minimum absolute atomic E-state index is 0.169. The standard InChI is InChI=1S/C13H19N/c1-11-5-2-3-6-12(11)7-10-13(14)8-4-9-13/h2-3,5-6H,4,7-10,14H2,1H3. The molecule has 0 unspecified atom stereocenters. The second kappa shape index (κ2) is 3.74. The molecule has 0 atom stereocenters. The number of nitrogens with two attached hydrogens (primary N) is 1. The normalized spacial score (nSPS) is 19.0. The van der Waals surface area contributed by atoms with Crippen molar-refractivity contribution in [1.29, 1.82) is 0 Å². The summed E-state index contributed by atoms with van der Waals surface area (Å²) in [7, 11) is 0. The van der Waals surface area contributed by atoms with Gasteiger partial charge in [0.2, 0.25) is 0 Å². The van der Waals surface area contributed by atoms with Gasteiger partial charge in [-0.2, -0.15) is 0 Å². The van der Waals surface area contributed by atoms with Gasteiger partial charge in [-0.3, -0.25) is 0 Å². The van der Waals surface area contributed by atoms with Crippen LogP contribution in [0.15, 0.2) is 24.3 Å². The van der Waals surface area contributed by atoms with Crippen LogP contribution in [-0.2, 0) is 6.42 Å². The van der Waals surface area contributed by atoms with E-state index in [2.05, 4.69) is 31.2 Å². The summed E-state index contributed by atoms with van der Waals surface area (Å²) in [6, 6.07) is 8.61. The fourth-order valence-electron chi connectivity index (χ4n) is 2.16. The Morgan fingerprint density at radius 3 is 2.57 bits per heavy atom. The Morgan fingerprint density at radius 2 is 2.00 bits per heavy atom. The molecule has 0 saturated heterocycles. The van der Waals surface area contributed by atoms with E-state index < -0.39 is 0 Å². The summed E-state index contributed by atoms with van der Waals surface area (Å²) in [5.74, 6) is 0. The maximum atomic E-state index is 6.20. The number of benzene rings is 1. The van der Waals surface area contributed by atoms with Crippen LogP contribution < -0.4 is 5.73 Å². The van der Waals surface area contributed by atoms with Gasteiger partial charge < -0.3 is 5.73 Å². The number of rotatable bonds is 3. The molecule has 14 heavy (non-hydrogen) atoms. The van der Waals surface area contributed by atoms with E-state index in [9.17, 15) is 0 Å². The molecule has 76 valence electrons. The highest BCUT2D eigenvalue weighted by Crippen LogP contribution is 2.33. The molecule has 1 aliphatic rings. The molecule has 0 spiro atoms. The Hall–Kier alpha value is -0.820. The Labute approximate surface area is 86.3 Å². The minimum atomic E-state index is 0.169. The first-order chi connectivity index (χ1) is 6.70. The van der Waals surface area contributed by atoms with Gasteiger partial charge in [0.15, 0.2) is 0 Å². The molecule has 1 aromatic carbocycles. The summed E-state index contributed by atoms with van der Waals surface area (Å²) in [5, 5.41) is 0. The lowest BCUT2D eigenvalue weighted by Gasteiger charge is -2.38. The average Bonchev–Trinajstić information content (AvgIpc) is 2.14. The Bertz CT molecular complexity index is 313. The molecular formula is C13H19N. The van der Waals surface area contributed by atoms with Crippen molar-refractivity contribution in [2.75, 3.05) is 0 Å². The molecule has 0 aliphatic heterocycles. The first-order valence-corrected chi connectivity index (χ1v) is 5.53. The predicted molar refractivity (Wildman–Crippen MR) is 60.3 cm³/mol. The van der Waals surface area contributed by atoms with Crippen LogP contribution in [0.4, 0.5) is 0 Å². The quantitative estimate of drug-likeness (QED) is 0.777. The van der Waals surface area contributed by atoms with E-state index in [4.69, 9.17) is 5.73 Å². The Balaban J connectivity index is 1.95. The maximum absolute atomic E-state index is 6.20. The zero-order chi connectivity index (χ0) is 10.0. The zero-order valence-corrected chi connectivity index (χ0v) is 8.92. The first-order valence-electron chi connectivity index (χ1n) is 5.53. The van der Waals surface area contributed by atoms with E-state index in [-0.39, 0.29) is 5.54 Å². The van der Waals surface area contributed by atoms with E-state index >= 15 is 0 Å². The van der Waals surface area contributed by atoms with E-state index in [1.807, 2.05) is 0 Å². The van der Waals surface area contributed by atoms with Crippen molar-refractivity contribution >= 4 is 0 Å². The van der Waals surface area contributed by atoms with Crippen LogP contribution in [0.3, 0.4) is 0 Å². The van der Waals surface area contributed by atoms with Gasteiger partial charge in [-0.25, -0.2) is 0 Å². The second-order valence-corrected chi connectivity index (χ2v) is 4.64. The van der Waals surface area contributed by atoms with E-state index in [0.29, 0.717) is 0 Å². The van der Waals surface area contributed by atoms with Crippen molar-refractivity contribution in [3.63, 3.8) is 0 Å². The monoisotopic (exact) mass is 189 g/mol. The smallest absolute Gasteiger partial charge is 0.0157 e. The molecule has 2 N–H and O–H groups in total. The topological polar surface area (TPSA) is 26.0 Å². The van der Waals surface area contributed by atoms with Gasteiger partial charge in [0.25, 0.3) is 0 Å². The van der Waals surface area contributed by atoms with Gasteiger partial charge in [0, 0.05) is 5.54 Å². The minimum Gasteiger partial charge on any atom is -0.325 e. The van der Waals surface area contributed by atoms with Crippen LogP contribution in [0.25, 0.3) is 0 Å². The Morgan fingerprint density at radius 1 is 1.29 bits per heavy atom. The van der Waals surface area contributed by atoms with E-state index in [1.165, 1.54) is 30.4 Å². The van der Waals surface area contributed by atoms with E-state index in [1.54, 1.807) is 0 Å². The third-order valence-corrected chi connectivity index (χ3v) is 3.50. The van der Waals surface area contributed by atoms with Crippen molar-refractivity contribution in [2.45, 2.75) is 44.6 Å². The number of hydrogen-bond acceptors (Lipinski definition) is 1. The van der Waals surface area contributed by atoms with Crippen LogP contribution >= 0.6 is 0 Å². The summed E-state index contributed by atoms with van der Waals surface area (Å²) in [6.07, 6.45) is 6.06. The summed E-state index contributed by atoms with van der Waals surface area (Å²) in [4.78, 5) is 0. The fraction of sp³-hybridized carbons (Fsp3) is 0.538. The van der Waals surface area contributed by atoms with Gasteiger partial charge in [-0.1, -0.05) is 24.3 Å². The van der Waals surface area contributed by atoms with Crippen molar-refractivity contribution in [3.05, 3.63) is 35.4 Å². The lowest BCUT2D eigenvalue weighted by atomic mass is 9.74. The molecule has 0 aromatic heterocycles. The van der Waals surface area contributed by atoms with Crippen LogP contribution in [0.1, 0.15) is 36.8 Å². The summed E-state index contributed by atoms with van der Waals surface area (Å²) in [6.45, 7) is 2.18. The van der Waals surface area contributed by atoms with Gasteiger partial charge in [-0.05, 0) is 50.2 Å². The molecule has 1 aliphatic carbocycles. The van der Waals surface area contributed by atoms with Gasteiger partial charge in [-0.15, -0.1) is 0 Å². The molecule has 1 fully saturated rings. The molecule has 1 heteroatoms. The molecule has 0 bridgehead atoms. The molecule has 1 nitrogen and oxygen atoms in total. The third-order valence-electron chi connectivity index (χ3n) is 3.50. The van der Waals surface area contributed by atoms with Crippen LogP contribution in [0.5, 0.6) is 0 Å². The molecule has 0 amide bonds. The molecular weight excluding hydrogens is 170 g/mol. The molecule has 1 saturated carbocycles. The van der Waals surface area contributed by atoms with Crippen molar-refractivity contribution in [1.82, 2.24) is 0 Å². The molecule has 1 aromatic rings. The SMILES string of the molecule is Cc1ccccc1CCC1(N)CCC1. The number of hydrogen-bond donors (Lipinski definition) is 1. The summed E-state index contributed by atoms with van der Waals surface area (Å²) >= 11 is 0.